The minimum atomic E-state index is -1.52. The molecule has 2 N–H and O–H groups in total. The van der Waals surface area contributed by atoms with E-state index in [1.807, 2.05) is 27.7 Å². The molecule has 258 valence electrons. The van der Waals surface area contributed by atoms with Crippen molar-refractivity contribution in [1.29, 1.82) is 0 Å². The zero-order valence-electron chi connectivity index (χ0n) is 28.3. The van der Waals surface area contributed by atoms with E-state index >= 15 is 0 Å². The molecule has 0 bridgehead atoms. The maximum atomic E-state index is 12.4. The summed E-state index contributed by atoms with van der Waals surface area (Å²) in [5, 5.41) is 38.2. The quantitative estimate of drug-likeness (QED) is 0.185. The van der Waals surface area contributed by atoms with E-state index in [1.165, 1.54) is 21.8 Å². The monoisotopic (exact) mass is 652 g/mol. The minimum absolute atomic E-state index is 0.146. The highest BCUT2D eigenvalue weighted by atomic mass is 16.6. The Hall–Kier alpha value is -3.92. The van der Waals surface area contributed by atoms with Crippen LogP contribution in [0.1, 0.15) is 93.5 Å². The number of aliphatic hydroxyl groups is 2. The minimum Gasteiger partial charge on any atom is -0.456 e. The van der Waals surface area contributed by atoms with E-state index in [2.05, 4.69) is 20.6 Å². The van der Waals surface area contributed by atoms with Crippen LogP contribution >= 0.6 is 0 Å². The van der Waals surface area contributed by atoms with Gasteiger partial charge in [-0.25, -0.2) is 9.36 Å². The Morgan fingerprint density at radius 1 is 0.652 bits per heavy atom. The Bertz CT molecular complexity index is 1230. The highest BCUT2D eigenvalue weighted by molar-refractivity contribution is 5.69. The predicted octanol–water partition coefficient (Wildman–Crippen LogP) is 1.80. The Morgan fingerprint density at radius 3 is 1.22 bits per heavy atom. The third-order valence-corrected chi connectivity index (χ3v) is 6.82. The zero-order chi connectivity index (χ0) is 35.0. The number of aromatic nitrogens is 6. The van der Waals surface area contributed by atoms with Gasteiger partial charge in [0, 0.05) is 27.7 Å². The zero-order valence-corrected chi connectivity index (χ0v) is 28.3. The van der Waals surface area contributed by atoms with Crippen LogP contribution in [0.15, 0.2) is 12.4 Å². The molecule has 16 heteroatoms. The summed E-state index contributed by atoms with van der Waals surface area (Å²) >= 11 is 0. The van der Waals surface area contributed by atoms with Gasteiger partial charge < -0.3 is 29.2 Å². The van der Waals surface area contributed by atoms with Crippen molar-refractivity contribution in [1.82, 2.24) is 30.0 Å². The van der Waals surface area contributed by atoms with Crippen molar-refractivity contribution in [2.45, 2.75) is 131 Å². The number of carbonyl (C=O) groups is 4. The van der Waals surface area contributed by atoms with Gasteiger partial charge in [-0.05, 0) is 38.5 Å². The van der Waals surface area contributed by atoms with Crippen LogP contribution in [-0.4, -0.2) is 88.5 Å². The normalized spacial score (nSPS) is 16.9. The molecule has 2 unspecified atom stereocenters. The highest BCUT2D eigenvalue weighted by Crippen LogP contribution is 2.28. The van der Waals surface area contributed by atoms with E-state index in [0.717, 1.165) is 27.7 Å². The molecule has 0 aliphatic carbocycles. The van der Waals surface area contributed by atoms with Crippen molar-refractivity contribution in [3.63, 3.8) is 0 Å². The van der Waals surface area contributed by atoms with Gasteiger partial charge in [0.1, 0.15) is 22.6 Å². The Kier molecular flexibility index (Phi) is 13.4. The molecule has 0 aliphatic heterocycles. The summed E-state index contributed by atoms with van der Waals surface area (Å²) in [6.07, 6.45) is -2.01. The molecule has 0 saturated heterocycles. The smallest absolute Gasteiger partial charge is 0.303 e. The summed E-state index contributed by atoms with van der Waals surface area (Å²) in [4.78, 5) is 49.4. The molecule has 2 heterocycles. The Balaban J connectivity index is 2.57. The van der Waals surface area contributed by atoms with Gasteiger partial charge in [0.05, 0.1) is 25.5 Å². The first-order valence-corrected chi connectivity index (χ1v) is 15.1. The molecule has 0 aliphatic rings. The first kappa shape index (κ1) is 38.3. The number of hydrogen-bond donors (Lipinski definition) is 2. The summed E-state index contributed by atoms with van der Waals surface area (Å²) < 4.78 is 24.9. The fourth-order valence-corrected chi connectivity index (χ4v) is 5.37. The number of carbonyl (C=O) groups excluding carboxylic acids is 4. The van der Waals surface area contributed by atoms with Crippen LogP contribution in [0.4, 0.5) is 0 Å². The second-order valence-electron chi connectivity index (χ2n) is 12.8. The SMILES string of the molecule is CC(=O)O[C@@H]([C@H](OC(C)=O)[C@@H](Cn1cc(C(C)(O)CC(C)C)nn1)OC(C)=O)[C@@H](Cn1cc(C(C)(O)CC(C)C)nn1)OC(C)=O. The van der Waals surface area contributed by atoms with Gasteiger partial charge in [-0.1, -0.05) is 38.1 Å². The largest absolute Gasteiger partial charge is 0.456 e. The molecule has 0 aromatic carbocycles. The van der Waals surface area contributed by atoms with Crippen LogP contribution in [0.5, 0.6) is 0 Å². The van der Waals surface area contributed by atoms with Gasteiger partial charge >= 0.3 is 23.9 Å². The highest BCUT2D eigenvalue weighted by Gasteiger charge is 2.44. The van der Waals surface area contributed by atoms with Crippen molar-refractivity contribution >= 4 is 23.9 Å². The van der Waals surface area contributed by atoms with Gasteiger partial charge in [0.25, 0.3) is 0 Å². The molecule has 2 aromatic rings. The van der Waals surface area contributed by atoms with Gasteiger partial charge in [0.15, 0.2) is 24.4 Å². The van der Waals surface area contributed by atoms with Gasteiger partial charge in [-0.2, -0.15) is 0 Å². The second kappa shape index (κ2) is 16.1. The van der Waals surface area contributed by atoms with Crippen LogP contribution in [0.2, 0.25) is 0 Å². The van der Waals surface area contributed by atoms with Crippen molar-refractivity contribution in [2.24, 2.45) is 11.8 Å². The first-order chi connectivity index (χ1) is 21.2. The summed E-state index contributed by atoms with van der Waals surface area (Å²) in [5.74, 6) is -2.85. The summed E-state index contributed by atoms with van der Waals surface area (Å²) in [6, 6.07) is 0. The number of hydrogen-bond acceptors (Lipinski definition) is 14. The number of ether oxygens (including phenoxy) is 4. The van der Waals surface area contributed by atoms with Crippen LogP contribution in [-0.2, 0) is 62.4 Å². The van der Waals surface area contributed by atoms with E-state index in [4.69, 9.17) is 18.9 Å². The molecule has 2 aromatic heterocycles. The maximum absolute atomic E-state index is 12.4. The molecule has 0 saturated carbocycles. The van der Waals surface area contributed by atoms with Crippen molar-refractivity contribution in [3.05, 3.63) is 23.8 Å². The van der Waals surface area contributed by atoms with Crippen molar-refractivity contribution < 1.29 is 48.3 Å². The van der Waals surface area contributed by atoms with Crippen molar-refractivity contribution in [3.8, 4) is 0 Å². The molecule has 2 rings (SSSR count). The van der Waals surface area contributed by atoms with Gasteiger partial charge in [-0.15, -0.1) is 10.2 Å². The van der Waals surface area contributed by atoms with Crippen LogP contribution in [0, 0.1) is 11.8 Å². The third-order valence-electron chi connectivity index (χ3n) is 6.82. The van der Waals surface area contributed by atoms with Gasteiger partial charge in [0.2, 0.25) is 0 Å². The summed E-state index contributed by atoms with van der Waals surface area (Å²) in [7, 11) is 0. The number of nitrogens with zero attached hydrogens (tertiary/aromatic N) is 6. The predicted molar refractivity (Wildman–Crippen MR) is 160 cm³/mol. The summed E-state index contributed by atoms with van der Waals surface area (Å²) in [5.41, 5.74) is -2.10. The molecule has 0 radical (unpaired) electrons. The number of esters is 4. The fraction of sp³-hybridized carbons (Fsp3) is 0.733. The first-order valence-electron chi connectivity index (χ1n) is 15.1. The third kappa shape index (κ3) is 11.8. The lowest BCUT2D eigenvalue weighted by atomic mass is 9.92. The Labute approximate surface area is 268 Å². The van der Waals surface area contributed by atoms with Crippen LogP contribution in [0.25, 0.3) is 0 Å². The Morgan fingerprint density at radius 2 is 0.957 bits per heavy atom. The molecule has 0 amide bonds. The van der Waals surface area contributed by atoms with E-state index in [-0.39, 0.29) is 36.3 Å². The molecular weight excluding hydrogens is 604 g/mol. The molecule has 16 nitrogen and oxygen atoms in total. The average Bonchev–Trinajstić information content (AvgIpc) is 3.54. The van der Waals surface area contributed by atoms with Crippen molar-refractivity contribution in [2.75, 3.05) is 0 Å². The summed E-state index contributed by atoms with van der Waals surface area (Å²) in [6.45, 7) is 15.0. The second-order valence-corrected chi connectivity index (χ2v) is 12.8. The fourth-order valence-electron chi connectivity index (χ4n) is 5.37. The van der Waals surface area contributed by atoms with E-state index in [1.54, 1.807) is 13.8 Å². The van der Waals surface area contributed by atoms with Gasteiger partial charge in [-0.3, -0.25) is 19.2 Å². The lowest BCUT2D eigenvalue weighted by molar-refractivity contribution is -0.200. The van der Waals surface area contributed by atoms with E-state index in [9.17, 15) is 29.4 Å². The van der Waals surface area contributed by atoms with E-state index < -0.39 is 59.5 Å². The standard InChI is InChI=1S/C30H48N6O10/c1-17(2)11-29(9,41)25-15-35(33-31-25)13-23(43-19(5)37)27(45-21(7)39)28(46-22(8)40)24(44-20(6)38)14-36-16-26(32-34-36)30(10,42)12-18(3)4/h15-18,23-24,27-28,41-42H,11-14H2,1-10H3/t23-,24-,27-,28-,29?,30?/m1/s1. The lowest BCUT2D eigenvalue weighted by Crippen LogP contribution is -2.53. The molecular formula is C30H48N6O10. The average molecular weight is 653 g/mol. The maximum Gasteiger partial charge on any atom is 0.303 e. The molecule has 6 atom stereocenters. The van der Waals surface area contributed by atoms with E-state index in [0.29, 0.717) is 12.8 Å². The lowest BCUT2D eigenvalue weighted by Gasteiger charge is -2.35. The molecule has 0 spiro atoms. The van der Waals surface area contributed by atoms with Crippen LogP contribution < -0.4 is 0 Å². The molecule has 46 heavy (non-hydrogen) atoms. The topological polar surface area (TPSA) is 207 Å². The number of rotatable bonds is 17. The van der Waals surface area contributed by atoms with Crippen LogP contribution in [0.3, 0.4) is 0 Å². The molecule has 0 fully saturated rings.